The van der Waals surface area contributed by atoms with Gasteiger partial charge in [0.1, 0.15) is 0 Å². The third-order valence-corrected chi connectivity index (χ3v) is 4.07. The topological polar surface area (TPSA) is 55.6 Å². The van der Waals surface area contributed by atoms with Crippen molar-refractivity contribution in [1.82, 2.24) is 4.90 Å². The standard InChI is InChI=1S/C18H27N3O2/c1-17(2,3)20-11-12-21(18(4,5)6)16(20)19-14-9-7-13(8-10-14)15(22)23/h7-10H,11-12H2,1-6H3,(H,22,23)/p+1. The Morgan fingerprint density at radius 1 is 1.13 bits per heavy atom. The Balaban J connectivity index is 2.36. The maximum atomic E-state index is 11.0. The number of aromatic carboxylic acids is 1. The zero-order chi connectivity index (χ0) is 17.4. The summed E-state index contributed by atoms with van der Waals surface area (Å²) in [5, 5.41) is 12.5. The van der Waals surface area contributed by atoms with Gasteiger partial charge in [0.15, 0.2) is 0 Å². The van der Waals surface area contributed by atoms with Gasteiger partial charge in [-0.25, -0.2) is 10.1 Å². The lowest BCUT2D eigenvalue weighted by Crippen LogP contribution is -2.49. The Bertz CT molecular complexity index is 619. The SMILES string of the molecule is CC(C)(C)N1CC[N+](C(C)(C)C)=C1Nc1ccc(C(=O)O)cc1. The molecule has 1 aromatic rings. The van der Waals surface area contributed by atoms with E-state index in [0.717, 1.165) is 24.7 Å². The number of anilines is 1. The molecule has 0 bridgehead atoms. The average molecular weight is 318 g/mol. The van der Waals surface area contributed by atoms with Crippen molar-refractivity contribution >= 4 is 17.6 Å². The molecular formula is C18H28N3O2+. The number of hydrogen-bond donors (Lipinski definition) is 2. The Hall–Kier alpha value is -2.04. The second-order valence-electron chi connectivity index (χ2n) is 7.98. The number of nitrogens with one attached hydrogen (secondary N) is 1. The molecule has 1 aliphatic heterocycles. The summed E-state index contributed by atoms with van der Waals surface area (Å²) in [5.41, 5.74) is 1.23. The van der Waals surface area contributed by atoms with Crippen LogP contribution >= 0.6 is 0 Å². The van der Waals surface area contributed by atoms with Gasteiger partial charge in [-0.1, -0.05) is 0 Å². The van der Waals surface area contributed by atoms with Crippen molar-refractivity contribution in [3.05, 3.63) is 29.8 Å². The lowest BCUT2D eigenvalue weighted by atomic mass is 10.1. The van der Waals surface area contributed by atoms with Gasteiger partial charge in [0.05, 0.1) is 35.4 Å². The molecule has 2 rings (SSSR count). The molecule has 0 aromatic heterocycles. The first-order valence-corrected chi connectivity index (χ1v) is 8.03. The molecule has 2 N–H and O–H groups in total. The summed E-state index contributed by atoms with van der Waals surface area (Å²) < 4.78 is 2.36. The van der Waals surface area contributed by atoms with Gasteiger partial charge in [-0.2, -0.15) is 0 Å². The summed E-state index contributed by atoms with van der Waals surface area (Å²) in [6.07, 6.45) is 0. The molecule has 1 aliphatic rings. The van der Waals surface area contributed by atoms with Crippen LogP contribution in [0, 0.1) is 0 Å². The molecular weight excluding hydrogens is 290 g/mol. The molecule has 0 fully saturated rings. The average Bonchev–Trinajstić information content (AvgIpc) is 2.82. The Labute approximate surface area is 138 Å². The molecule has 5 nitrogen and oxygen atoms in total. The molecule has 5 heteroatoms. The predicted molar refractivity (Wildman–Crippen MR) is 93.4 cm³/mol. The second kappa shape index (κ2) is 5.87. The molecule has 0 spiro atoms. The van der Waals surface area contributed by atoms with Gasteiger partial charge in [0, 0.05) is 0 Å². The number of nitrogens with zero attached hydrogens (tertiary/aromatic N) is 2. The van der Waals surface area contributed by atoms with Gasteiger partial charge in [-0.3, -0.25) is 9.48 Å². The fourth-order valence-corrected chi connectivity index (χ4v) is 2.82. The summed E-state index contributed by atoms with van der Waals surface area (Å²) in [5.74, 6) is 0.172. The Morgan fingerprint density at radius 2 is 1.70 bits per heavy atom. The molecule has 0 aliphatic carbocycles. The highest BCUT2D eigenvalue weighted by molar-refractivity contribution is 5.92. The van der Waals surface area contributed by atoms with E-state index in [4.69, 9.17) is 5.11 Å². The van der Waals surface area contributed by atoms with Crippen molar-refractivity contribution in [2.75, 3.05) is 18.4 Å². The van der Waals surface area contributed by atoms with Gasteiger partial charge in [-0.05, 0) is 65.8 Å². The highest BCUT2D eigenvalue weighted by Crippen LogP contribution is 2.23. The van der Waals surface area contributed by atoms with Gasteiger partial charge in [0.2, 0.25) is 0 Å². The first-order valence-electron chi connectivity index (χ1n) is 8.03. The number of rotatable bonds is 2. The Kier molecular flexibility index (Phi) is 4.42. The van der Waals surface area contributed by atoms with Gasteiger partial charge >= 0.3 is 11.9 Å². The van der Waals surface area contributed by atoms with Crippen LogP contribution in [0.25, 0.3) is 0 Å². The molecule has 1 heterocycles. The van der Waals surface area contributed by atoms with E-state index in [1.165, 1.54) is 0 Å². The van der Waals surface area contributed by atoms with Crippen LogP contribution in [0.15, 0.2) is 24.3 Å². The summed E-state index contributed by atoms with van der Waals surface area (Å²) in [6.45, 7) is 15.2. The molecule has 126 valence electrons. The van der Waals surface area contributed by atoms with Gasteiger partial charge in [0.25, 0.3) is 0 Å². The van der Waals surface area contributed by atoms with Crippen LogP contribution in [0.3, 0.4) is 0 Å². The van der Waals surface area contributed by atoms with Crippen molar-refractivity contribution in [1.29, 1.82) is 0 Å². The van der Waals surface area contributed by atoms with Gasteiger partial charge < -0.3 is 5.11 Å². The summed E-state index contributed by atoms with van der Waals surface area (Å²) in [4.78, 5) is 13.3. The Morgan fingerprint density at radius 3 is 2.13 bits per heavy atom. The minimum Gasteiger partial charge on any atom is -0.478 e. The fraction of sp³-hybridized carbons (Fsp3) is 0.556. The molecule has 1 aromatic carbocycles. The first kappa shape index (κ1) is 17.3. The number of hydrogen-bond acceptors (Lipinski definition) is 3. The molecule has 0 atom stereocenters. The highest BCUT2D eigenvalue weighted by Gasteiger charge is 2.41. The molecule has 0 unspecified atom stereocenters. The second-order valence-corrected chi connectivity index (χ2v) is 7.98. The van der Waals surface area contributed by atoms with Crippen LogP contribution in [-0.2, 0) is 0 Å². The van der Waals surface area contributed by atoms with E-state index in [1.54, 1.807) is 12.1 Å². The zero-order valence-corrected chi connectivity index (χ0v) is 15.0. The van der Waals surface area contributed by atoms with E-state index in [0.29, 0.717) is 5.56 Å². The summed E-state index contributed by atoms with van der Waals surface area (Å²) in [7, 11) is 0. The van der Waals surface area contributed by atoms with E-state index in [1.807, 2.05) is 12.1 Å². The van der Waals surface area contributed by atoms with E-state index < -0.39 is 5.97 Å². The highest BCUT2D eigenvalue weighted by atomic mass is 16.4. The van der Waals surface area contributed by atoms with Crippen LogP contribution < -0.4 is 5.32 Å². The fourth-order valence-electron chi connectivity index (χ4n) is 2.82. The molecule has 23 heavy (non-hydrogen) atoms. The largest absolute Gasteiger partial charge is 0.478 e. The van der Waals surface area contributed by atoms with E-state index in [9.17, 15) is 4.79 Å². The summed E-state index contributed by atoms with van der Waals surface area (Å²) in [6, 6.07) is 6.89. The minimum absolute atomic E-state index is 0.0172. The van der Waals surface area contributed by atoms with Crippen molar-refractivity contribution in [3.63, 3.8) is 0 Å². The molecule has 0 radical (unpaired) electrons. The van der Waals surface area contributed by atoms with E-state index in [2.05, 4.69) is 56.3 Å². The third-order valence-electron chi connectivity index (χ3n) is 4.07. The van der Waals surface area contributed by atoms with Crippen LogP contribution in [0.1, 0.15) is 51.9 Å². The van der Waals surface area contributed by atoms with Crippen LogP contribution in [-0.4, -0.2) is 50.7 Å². The maximum absolute atomic E-state index is 11.0. The quantitative estimate of drug-likeness (QED) is 0.823. The molecule has 0 saturated carbocycles. The van der Waals surface area contributed by atoms with Crippen molar-refractivity contribution < 1.29 is 14.5 Å². The lowest BCUT2D eigenvalue weighted by Gasteiger charge is -2.29. The zero-order valence-electron chi connectivity index (χ0n) is 15.0. The van der Waals surface area contributed by atoms with Crippen LogP contribution in [0.5, 0.6) is 0 Å². The van der Waals surface area contributed by atoms with Gasteiger partial charge in [-0.15, -0.1) is 0 Å². The normalized spacial score (nSPS) is 16.0. The van der Waals surface area contributed by atoms with Crippen molar-refractivity contribution in [2.24, 2.45) is 0 Å². The smallest absolute Gasteiger partial charge is 0.354 e. The monoisotopic (exact) mass is 318 g/mol. The molecule has 0 saturated heterocycles. The number of carbonyl (C=O) groups is 1. The van der Waals surface area contributed by atoms with Crippen molar-refractivity contribution in [2.45, 2.75) is 52.6 Å². The summed E-state index contributed by atoms with van der Waals surface area (Å²) >= 11 is 0. The van der Waals surface area contributed by atoms with E-state index >= 15 is 0 Å². The maximum Gasteiger partial charge on any atom is 0.354 e. The number of carboxylic acids is 1. The van der Waals surface area contributed by atoms with Crippen LogP contribution in [0.4, 0.5) is 5.69 Å². The number of guanidine groups is 1. The number of carboxylic acid groups (broad SMARTS) is 1. The van der Waals surface area contributed by atoms with Crippen LogP contribution in [0.2, 0.25) is 0 Å². The third kappa shape index (κ3) is 3.84. The first-order chi connectivity index (χ1) is 10.5. The van der Waals surface area contributed by atoms with Crippen molar-refractivity contribution in [3.8, 4) is 0 Å². The number of benzene rings is 1. The predicted octanol–water partition coefficient (Wildman–Crippen LogP) is 3.08. The lowest BCUT2D eigenvalue weighted by molar-refractivity contribution is -0.588. The van der Waals surface area contributed by atoms with E-state index in [-0.39, 0.29) is 11.1 Å². The minimum atomic E-state index is -0.905. The molecule has 0 amide bonds.